The van der Waals surface area contributed by atoms with Crippen molar-refractivity contribution in [3.8, 4) is 5.75 Å². The van der Waals surface area contributed by atoms with E-state index >= 15 is 0 Å². The highest BCUT2D eigenvalue weighted by molar-refractivity contribution is 5.86. The summed E-state index contributed by atoms with van der Waals surface area (Å²) in [7, 11) is 0. The molecule has 1 aliphatic heterocycles. The van der Waals surface area contributed by atoms with Gasteiger partial charge in [0, 0.05) is 24.7 Å². The van der Waals surface area contributed by atoms with Crippen LogP contribution in [-0.2, 0) is 13.0 Å². The van der Waals surface area contributed by atoms with Crippen molar-refractivity contribution in [2.24, 2.45) is 0 Å². The molecule has 5 N–H and O–H groups in total. The van der Waals surface area contributed by atoms with Crippen molar-refractivity contribution in [1.29, 1.82) is 0 Å². The second-order valence-electron chi connectivity index (χ2n) is 8.11. The van der Waals surface area contributed by atoms with Crippen molar-refractivity contribution < 1.29 is 19.3 Å². The average molecular weight is 413 g/mol. The van der Waals surface area contributed by atoms with Gasteiger partial charge in [-0.3, -0.25) is 0 Å². The third kappa shape index (κ3) is 3.01. The van der Waals surface area contributed by atoms with Crippen LogP contribution in [0, 0.1) is 12.7 Å². The van der Waals surface area contributed by atoms with Crippen molar-refractivity contribution >= 4 is 16.9 Å². The molecule has 0 saturated heterocycles. The summed E-state index contributed by atoms with van der Waals surface area (Å²) in [6.07, 6.45) is 0.815. The number of fused-ring (bicyclic) bond motifs is 2. The zero-order valence-corrected chi connectivity index (χ0v) is 16.5. The fourth-order valence-corrected chi connectivity index (χ4v) is 4.66. The van der Waals surface area contributed by atoms with Crippen LogP contribution in [0.5, 0.6) is 5.75 Å². The first-order chi connectivity index (χ1) is 14.4. The second kappa shape index (κ2) is 7.19. The highest BCUT2D eigenvalue weighted by atomic mass is 19.1. The van der Waals surface area contributed by atoms with E-state index in [4.69, 9.17) is 10.5 Å². The third-order valence-electron chi connectivity index (χ3n) is 6.15. The molecule has 5 rings (SSSR count). The normalized spacial score (nSPS) is 26.1. The van der Waals surface area contributed by atoms with Gasteiger partial charge in [-0.25, -0.2) is 14.4 Å². The number of halogens is 1. The fraction of sp³-hybridized carbons (Fsp3) is 0.429. The van der Waals surface area contributed by atoms with Crippen LogP contribution in [0.15, 0.2) is 24.7 Å². The summed E-state index contributed by atoms with van der Waals surface area (Å²) in [5.41, 5.74) is 9.48. The number of nitrogens with one attached hydrogen (secondary N) is 1. The molecule has 0 bridgehead atoms. The maximum absolute atomic E-state index is 14.5. The molecule has 1 saturated carbocycles. The van der Waals surface area contributed by atoms with Crippen molar-refractivity contribution in [2.75, 3.05) is 12.3 Å². The lowest BCUT2D eigenvalue weighted by atomic mass is 9.97. The minimum absolute atomic E-state index is 0.0379. The molecule has 4 atom stereocenters. The molecule has 9 heteroatoms. The van der Waals surface area contributed by atoms with Gasteiger partial charge >= 0.3 is 0 Å². The Morgan fingerprint density at radius 2 is 2.10 bits per heavy atom. The lowest BCUT2D eigenvalue weighted by Gasteiger charge is -2.25. The Balaban J connectivity index is 1.47. The van der Waals surface area contributed by atoms with Crippen LogP contribution in [0.1, 0.15) is 29.2 Å². The molecular formula is C21H24FN5O3. The number of rotatable bonds is 3. The molecule has 1 aromatic carbocycles. The molecule has 2 aromatic heterocycles. The molecule has 0 amide bonds. The summed E-state index contributed by atoms with van der Waals surface area (Å²) < 4.78 is 22.2. The molecular weight excluding hydrogens is 389 g/mol. The summed E-state index contributed by atoms with van der Waals surface area (Å²) in [5, 5.41) is 24.9. The van der Waals surface area contributed by atoms with E-state index in [1.54, 1.807) is 0 Å². The number of aliphatic hydroxyl groups is 2. The van der Waals surface area contributed by atoms with Gasteiger partial charge in [0.25, 0.3) is 0 Å². The first-order valence-corrected chi connectivity index (χ1v) is 10.1. The zero-order chi connectivity index (χ0) is 21.0. The lowest BCUT2D eigenvalue weighted by molar-refractivity contribution is -0.0167. The van der Waals surface area contributed by atoms with E-state index in [0.29, 0.717) is 18.7 Å². The molecule has 0 unspecified atom stereocenters. The molecule has 3 heterocycles. The van der Waals surface area contributed by atoms with Crippen LogP contribution in [0.2, 0.25) is 0 Å². The van der Waals surface area contributed by atoms with Crippen LogP contribution in [-0.4, -0.2) is 49.6 Å². The van der Waals surface area contributed by atoms with Crippen LogP contribution >= 0.6 is 0 Å². The maximum Gasteiger partial charge on any atom is 0.154 e. The topological polar surface area (TPSA) is 118 Å². The Kier molecular flexibility index (Phi) is 4.61. The van der Waals surface area contributed by atoms with E-state index in [0.717, 1.165) is 24.1 Å². The molecule has 30 heavy (non-hydrogen) atoms. The number of hydrogen-bond donors (Lipinski definition) is 4. The Bertz CT molecular complexity index is 1120. The predicted molar refractivity (Wildman–Crippen MR) is 109 cm³/mol. The highest BCUT2D eigenvalue weighted by Gasteiger charge is 2.45. The molecule has 3 aromatic rings. The predicted octanol–water partition coefficient (Wildman–Crippen LogP) is 1.22. The number of aromatic nitrogens is 3. The highest BCUT2D eigenvalue weighted by Crippen LogP contribution is 2.38. The molecule has 2 aliphatic rings. The largest absolute Gasteiger partial charge is 0.487 e. The molecule has 1 aliphatic carbocycles. The molecule has 0 radical (unpaired) electrons. The first-order valence-electron chi connectivity index (χ1n) is 10.1. The number of benzene rings is 1. The van der Waals surface area contributed by atoms with Gasteiger partial charge < -0.3 is 30.6 Å². The maximum atomic E-state index is 14.5. The number of aryl methyl sites for hydroxylation is 1. The standard InChI is InChI=1S/C21H24FN5O3/c1-10-4-11-2-3-24-7-12(11)15(5-10)30-16-6-14(18(28)19(16)29)27-8-13(22)17-20(23)25-9-26-21(17)27/h4-5,8-9,14,16,18-19,24,28-29H,2-3,6-7H2,1H3,(H2,23,25,26)/t14-,16+,18+,19-/m1/s1. The number of aliphatic hydroxyl groups excluding tert-OH is 2. The minimum Gasteiger partial charge on any atom is -0.487 e. The number of nitrogen functional groups attached to an aromatic ring is 1. The molecule has 0 spiro atoms. The van der Waals surface area contributed by atoms with Gasteiger partial charge in [0.15, 0.2) is 5.82 Å². The molecule has 1 fully saturated rings. The SMILES string of the molecule is Cc1cc2c(c(O[C@H]3C[C@@H](n4cc(F)c5c(N)ncnc54)[C@H](O)[C@@H]3O)c1)CNCC2. The third-order valence-corrected chi connectivity index (χ3v) is 6.15. The quantitative estimate of drug-likeness (QED) is 0.510. The number of anilines is 1. The number of ether oxygens (including phenoxy) is 1. The summed E-state index contributed by atoms with van der Waals surface area (Å²) in [6.45, 7) is 3.63. The Labute approximate surface area is 172 Å². The van der Waals surface area contributed by atoms with Crippen LogP contribution in [0.4, 0.5) is 10.2 Å². The Morgan fingerprint density at radius 1 is 1.27 bits per heavy atom. The van der Waals surface area contributed by atoms with Crippen molar-refractivity contribution in [3.05, 3.63) is 47.2 Å². The monoisotopic (exact) mass is 413 g/mol. The molecule has 158 valence electrons. The number of nitrogens with zero attached hydrogens (tertiary/aromatic N) is 3. The summed E-state index contributed by atoms with van der Waals surface area (Å²) in [4.78, 5) is 7.97. The van der Waals surface area contributed by atoms with Gasteiger partial charge in [0.1, 0.15) is 41.9 Å². The van der Waals surface area contributed by atoms with Crippen LogP contribution in [0.3, 0.4) is 0 Å². The van der Waals surface area contributed by atoms with Crippen molar-refractivity contribution in [1.82, 2.24) is 19.9 Å². The van der Waals surface area contributed by atoms with E-state index < -0.39 is 30.2 Å². The van der Waals surface area contributed by atoms with E-state index in [1.807, 2.05) is 13.0 Å². The minimum atomic E-state index is -1.14. The smallest absolute Gasteiger partial charge is 0.154 e. The first kappa shape index (κ1) is 19.2. The van der Waals surface area contributed by atoms with Crippen LogP contribution < -0.4 is 15.8 Å². The van der Waals surface area contributed by atoms with Gasteiger partial charge in [-0.15, -0.1) is 0 Å². The average Bonchev–Trinajstić information content (AvgIpc) is 3.20. The summed E-state index contributed by atoms with van der Waals surface area (Å²) in [5.74, 6) is 0.188. The fourth-order valence-electron chi connectivity index (χ4n) is 4.66. The van der Waals surface area contributed by atoms with E-state index in [2.05, 4.69) is 21.4 Å². The Hall–Kier alpha value is -2.75. The van der Waals surface area contributed by atoms with Crippen molar-refractivity contribution in [2.45, 2.75) is 50.7 Å². The van der Waals surface area contributed by atoms with Gasteiger partial charge in [-0.1, -0.05) is 6.07 Å². The molecule has 8 nitrogen and oxygen atoms in total. The van der Waals surface area contributed by atoms with E-state index in [1.165, 1.54) is 22.7 Å². The van der Waals surface area contributed by atoms with E-state index in [9.17, 15) is 14.6 Å². The van der Waals surface area contributed by atoms with Gasteiger partial charge in [0.2, 0.25) is 0 Å². The lowest BCUT2D eigenvalue weighted by Crippen LogP contribution is -2.35. The summed E-state index contributed by atoms with van der Waals surface area (Å²) >= 11 is 0. The van der Waals surface area contributed by atoms with Crippen molar-refractivity contribution in [3.63, 3.8) is 0 Å². The summed E-state index contributed by atoms with van der Waals surface area (Å²) in [6, 6.07) is 3.51. The Morgan fingerprint density at radius 3 is 2.93 bits per heavy atom. The van der Waals surface area contributed by atoms with E-state index in [-0.39, 0.29) is 16.9 Å². The second-order valence-corrected chi connectivity index (χ2v) is 8.11. The van der Waals surface area contributed by atoms with Gasteiger partial charge in [0.05, 0.1) is 11.4 Å². The van der Waals surface area contributed by atoms with Crippen LogP contribution in [0.25, 0.3) is 11.0 Å². The van der Waals surface area contributed by atoms with Gasteiger partial charge in [-0.05, 0) is 37.1 Å². The zero-order valence-electron chi connectivity index (χ0n) is 16.5. The number of hydrogen-bond acceptors (Lipinski definition) is 7. The van der Waals surface area contributed by atoms with Gasteiger partial charge in [-0.2, -0.15) is 0 Å². The number of nitrogens with two attached hydrogens (primary N) is 1.